The summed E-state index contributed by atoms with van der Waals surface area (Å²) in [5, 5.41) is 27.2. The van der Waals surface area contributed by atoms with E-state index in [1.54, 1.807) is 0 Å². The summed E-state index contributed by atoms with van der Waals surface area (Å²) in [6.45, 7) is -0.846. The second-order valence-corrected chi connectivity index (χ2v) is 4.05. The Bertz CT molecular complexity index is 243. The quantitative estimate of drug-likeness (QED) is 0.191. The summed E-state index contributed by atoms with van der Waals surface area (Å²) in [6, 6.07) is 0. The Hall–Kier alpha value is 0.660. The molecule has 0 aromatic rings. The fourth-order valence-electron chi connectivity index (χ4n) is 0.766. The number of carbonyl (C=O) groups excluding carboxylic acids is 1. The number of rotatable bonds is 7. The molecule has 1 radical (unpaired) electrons. The summed E-state index contributed by atoms with van der Waals surface area (Å²) in [5.41, 5.74) is 0. The van der Waals surface area contributed by atoms with Crippen molar-refractivity contribution in [2.24, 2.45) is 0 Å². The van der Waals surface area contributed by atoms with Gasteiger partial charge in [0, 0.05) is 36.0 Å². The van der Waals surface area contributed by atoms with Gasteiger partial charge in [0.15, 0.2) is 0 Å². The Kier molecular flexibility index (Phi) is 10.3. The molecule has 0 bridgehead atoms. The number of phosphoric ester groups is 1. The summed E-state index contributed by atoms with van der Waals surface area (Å²) < 4.78 is 14.1. The first-order chi connectivity index (χ1) is 6.78. The van der Waals surface area contributed by atoms with Gasteiger partial charge in [-0.25, -0.2) is 4.57 Å². The zero-order valence-corrected chi connectivity index (χ0v) is 11.5. The van der Waals surface area contributed by atoms with Gasteiger partial charge in [-0.05, 0) is 0 Å². The molecular weight excluding hydrogens is 254 g/mol. The molecule has 0 unspecified atom stereocenters. The first-order valence-electron chi connectivity index (χ1n) is 3.96. The Labute approximate surface area is 114 Å². The summed E-state index contributed by atoms with van der Waals surface area (Å²) in [6.07, 6.45) is -4.95. The van der Waals surface area contributed by atoms with Gasteiger partial charge in [0.05, 0.1) is 12.7 Å². The second kappa shape index (κ2) is 8.71. The van der Waals surface area contributed by atoms with E-state index in [2.05, 4.69) is 4.52 Å². The van der Waals surface area contributed by atoms with Crippen LogP contribution < -0.4 is 0 Å². The fourth-order valence-corrected chi connectivity index (χ4v) is 1.11. The normalized spacial score (nSPS) is 17.1. The van der Waals surface area contributed by atoms with Crippen molar-refractivity contribution < 1.29 is 39.0 Å². The number of carbonyl (C=O) groups is 1. The van der Waals surface area contributed by atoms with Crippen LogP contribution in [0.5, 0.6) is 0 Å². The van der Waals surface area contributed by atoms with Gasteiger partial charge in [-0.3, -0.25) is 4.52 Å². The molecule has 0 aliphatic carbocycles. The molecule has 0 aliphatic heterocycles. The first kappa shape index (κ1) is 19.0. The molecule has 10 heteroatoms. The smallest absolute Gasteiger partial charge is 0.390 e. The number of hydrogen-bond donors (Lipinski definition) is 5. The van der Waals surface area contributed by atoms with E-state index in [0.29, 0.717) is 6.29 Å². The maximum Gasteiger partial charge on any atom is 0.469 e. The molecule has 8 nitrogen and oxygen atoms in total. The van der Waals surface area contributed by atoms with Crippen LogP contribution in [0, 0.1) is 0 Å². The second-order valence-electron chi connectivity index (χ2n) is 2.81. The van der Waals surface area contributed by atoms with E-state index in [-0.39, 0.29) is 29.6 Å². The first-order valence-corrected chi connectivity index (χ1v) is 5.49. The molecule has 16 heavy (non-hydrogen) atoms. The third kappa shape index (κ3) is 8.77. The van der Waals surface area contributed by atoms with E-state index in [4.69, 9.17) is 25.1 Å². The maximum absolute atomic E-state index is 10.2. The molecule has 0 aliphatic rings. The van der Waals surface area contributed by atoms with Crippen molar-refractivity contribution in [3.8, 4) is 0 Å². The summed E-state index contributed by atoms with van der Waals surface area (Å²) in [5.74, 6) is 0. The van der Waals surface area contributed by atoms with Gasteiger partial charge < -0.3 is 29.9 Å². The number of aldehydes is 1. The van der Waals surface area contributed by atoms with E-state index in [1.165, 1.54) is 0 Å². The zero-order valence-electron chi connectivity index (χ0n) is 8.63. The van der Waals surface area contributed by atoms with Crippen molar-refractivity contribution in [2.45, 2.75) is 24.7 Å². The Morgan fingerprint density at radius 2 is 1.69 bits per heavy atom. The summed E-state index contributed by atoms with van der Waals surface area (Å²) in [4.78, 5) is 26.5. The van der Waals surface area contributed by atoms with Gasteiger partial charge in [0.2, 0.25) is 0 Å². The molecule has 0 saturated heterocycles. The van der Waals surface area contributed by atoms with E-state index in [1.807, 2.05) is 0 Å². The van der Waals surface area contributed by atoms with Crippen LogP contribution in [0.4, 0.5) is 0 Å². The van der Waals surface area contributed by atoms with Crippen LogP contribution in [0.2, 0.25) is 0 Å². The predicted octanol–water partition coefficient (Wildman–Crippen LogP) is -2.61. The molecule has 0 saturated carbocycles. The standard InChI is InChI=1S/C6H13O8P.Na/c7-2-1-4(8)6(10)5(9)3-14-15(11,12)13;/h2,4-6,8-10H,1,3H2,(H2,11,12,13);/t4-,5-,6+;/m1./s1. The minimum absolute atomic E-state index is 0. The van der Waals surface area contributed by atoms with Crippen molar-refractivity contribution in [3.63, 3.8) is 0 Å². The summed E-state index contributed by atoms with van der Waals surface area (Å²) in [7, 11) is -4.73. The monoisotopic (exact) mass is 267 g/mol. The Morgan fingerprint density at radius 1 is 1.19 bits per heavy atom. The number of aliphatic hydroxyl groups excluding tert-OH is 3. The van der Waals surface area contributed by atoms with Crippen molar-refractivity contribution in [1.29, 1.82) is 0 Å². The van der Waals surface area contributed by atoms with Gasteiger partial charge >= 0.3 is 7.82 Å². The molecule has 0 aromatic carbocycles. The molecule has 5 N–H and O–H groups in total. The van der Waals surface area contributed by atoms with Gasteiger partial charge in [-0.15, -0.1) is 0 Å². The van der Waals surface area contributed by atoms with Crippen molar-refractivity contribution in [2.75, 3.05) is 6.61 Å². The summed E-state index contributed by atoms with van der Waals surface area (Å²) >= 11 is 0. The van der Waals surface area contributed by atoms with Crippen molar-refractivity contribution in [1.82, 2.24) is 0 Å². The van der Waals surface area contributed by atoms with Crippen LogP contribution in [0.25, 0.3) is 0 Å². The van der Waals surface area contributed by atoms with Crippen LogP contribution in [-0.2, 0) is 13.9 Å². The van der Waals surface area contributed by atoms with Gasteiger partial charge in [0.1, 0.15) is 18.5 Å². The Balaban J connectivity index is 0. The minimum Gasteiger partial charge on any atom is -0.390 e. The average Bonchev–Trinajstić information content (AvgIpc) is 2.12. The molecular formula is C6H13NaO8P. The molecule has 91 valence electrons. The molecule has 0 fully saturated rings. The van der Waals surface area contributed by atoms with Gasteiger partial charge in [-0.2, -0.15) is 0 Å². The van der Waals surface area contributed by atoms with Crippen LogP contribution in [0.3, 0.4) is 0 Å². The van der Waals surface area contributed by atoms with E-state index >= 15 is 0 Å². The van der Waals surface area contributed by atoms with Crippen LogP contribution in [0.1, 0.15) is 6.42 Å². The SMILES string of the molecule is O=CC[C@@H](O)[C@H](O)[C@H](O)COP(=O)(O)O.[Na]. The number of aliphatic hydroxyl groups is 3. The van der Waals surface area contributed by atoms with E-state index < -0.39 is 39.2 Å². The van der Waals surface area contributed by atoms with E-state index in [0.717, 1.165) is 0 Å². The molecule has 0 rings (SSSR count). The van der Waals surface area contributed by atoms with Crippen molar-refractivity contribution >= 4 is 43.7 Å². The van der Waals surface area contributed by atoms with Crippen molar-refractivity contribution in [3.05, 3.63) is 0 Å². The van der Waals surface area contributed by atoms with Gasteiger partial charge in [0.25, 0.3) is 0 Å². The average molecular weight is 267 g/mol. The van der Waals surface area contributed by atoms with Crippen LogP contribution in [-0.4, -0.2) is 85.9 Å². The molecule has 3 atom stereocenters. The zero-order chi connectivity index (χ0) is 12.1. The van der Waals surface area contributed by atoms with Crippen LogP contribution >= 0.6 is 7.82 Å². The third-order valence-electron chi connectivity index (χ3n) is 1.54. The minimum atomic E-state index is -4.73. The number of hydrogen-bond acceptors (Lipinski definition) is 6. The third-order valence-corrected chi connectivity index (χ3v) is 2.03. The molecule has 0 spiro atoms. The molecule has 0 amide bonds. The topological polar surface area (TPSA) is 145 Å². The van der Waals surface area contributed by atoms with E-state index in [9.17, 15) is 9.36 Å². The molecule has 0 aromatic heterocycles. The fraction of sp³-hybridized carbons (Fsp3) is 0.833. The largest absolute Gasteiger partial charge is 0.469 e. The predicted molar refractivity (Wildman–Crippen MR) is 52.5 cm³/mol. The van der Waals surface area contributed by atoms with Crippen LogP contribution in [0.15, 0.2) is 0 Å². The Morgan fingerprint density at radius 3 is 2.06 bits per heavy atom. The van der Waals surface area contributed by atoms with Gasteiger partial charge in [-0.1, -0.05) is 0 Å². The number of phosphoric acid groups is 1. The maximum atomic E-state index is 10.2. The molecule has 0 heterocycles.